The standard InChI is InChI=1S/C20H25N3O3S/c1-3-14-22-27(25,26)19-12-10-17(11-13-19)20(24)21-15-7-16-23(2)18-8-5-4-6-9-18/h3-6,8-13,22H,1,7,14-16H2,2H3,(H,21,24). The number of para-hydroxylation sites is 1. The van der Waals surface area contributed by atoms with Gasteiger partial charge in [0.25, 0.3) is 5.91 Å². The third-order valence-corrected chi connectivity index (χ3v) is 5.44. The van der Waals surface area contributed by atoms with Crippen LogP contribution in [-0.2, 0) is 10.0 Å². The molecule has 0 unspecified atom stereocenters. The van der Waals surface area contributed by atoms with Gasteiger partial charge in [0.15, 0.2) is 0 Å². The van der Waals surface area contributed by atoms with E-state index in [-0.39, 0.29) is 17.3 Å². The van der Waals surface area contributed by atoms with E-state index in [9.17, 15) is 13.2 Å². The summed E-state index contributed by atoms with van der Waals surface area (Å²) in [6, 6.07) is 15.9. The first-order valence-electron chi connectivity index (χ1n) is 8.69. The van der Waals surface area contributed by atoms with Crippen LogP contribution in [0.4, 0.5) is 5.69 Å². The van der Waals surface area contributed by atoms with E-state index < -0.39 is 10.0 Å². The average Bonchev–Trinajstić information content (AvgIpc) is 2.70. The number of amides is 1. The molecule has 6 nitrogen and oxygen atoms in total. The van der Waals surface area contributed by atoms with Gasteiger partial charge in [0.2, 0.25) is 10.0 Å². The minimum atomic E-state index is -3.58. The van der Waals surface area contributed by atoms with Crippen molar-refractivity contribution in [1.29, 1.82) is 0 Å². The highest BCUT2D eigenvalue weighted by Crippen LogP contribution is 2.12. The molecular weight excluding hydrogens is 362 g/mol. The number of nitrogens with zero attached hydrogens (tertiary/aromatic N) is 1. The molecular formula is C20H25N3O3S. The zero-order valence-electron chi connectivity index (χ0n) is 15.4. The summed E-state index contributed by atoms with van der Waals surface area (Å²) >= 11 is 0. The van der Waals surface area contributed by atoms with E-state index in [1.54, 1.807) is 0 Å². The minimum absolute atomic E-state index is 0.116. The molecule has 0 aliphatic carbocycles. The second-order valence-corrected chi connectivity index (χ2v) is 7.80. The van der Waals surface area contributed by atoms with Crippen LogP contribution < -0.4 is 14.9 Å². The van der Waals surface area contributed by atoms with E-state index in [4.69, 9.17) is 0 Å². The van der Waals surface area contributed by atoms with Crippen LogP contribution in [0.5, 0.6) is 0 Å². The van der Waals surface area contributed by atoms with Crippen LogP contribution in [0.2, 0.25) is 0 Å². The van der Waals surface area contributed by atoms with E-state index in [1.165, 1.54) is 30.3 Å². The summed E-state index contributed by atoms with van der Waals surface area (Å²) in [5.41, 5.74) is 1.56. The Kier molecular flexibility index (Phi) is 7.57. The molecule has 0 bridgehead atoms. The van der Waals surface area contributed by atoms with Crippen LogP contribution in [0, 0.1) is 0 Å². The van der Waals surface area contributed by atoms with Crippen molar-refractivity contribution in [1.82, 2.24) is 10.0 Å². The highest BCUT2D eigenvalue weighted by Gasteiger charge is 2.13. The van der Waals surface area contributed by atoms with Crippen LogP contribution in [0.3, 0.4) is 0 Å². The molecule has 0 spiro atoms. The molecule has 2 rings (SSSR count). The number of carbonyl (C=O) groups is 1. The van der Waals surface area contributed by atoms with Gasteiger partial charge in [0.1, 0.15) is 0 Å². The molecule has 0 fully saturated rings. The quantitative estimate of drug-likeness (QED) is 0.485. The van der Waals surface area contributed by atoms with Crippen molar-refractivity contribution < 1.29 is 13.2 Å². The lowest BCUT2D eigenvalue weighted by atomic mass is 10.2. The summed E-state index contributed by atoms with van der Waals surface area (Å²) in [4.78, 5) is 14.4. The molecule has 0 heterocycles. The van der Waals surface area contributed by atoms with Gasteiger partial charge in [0, 0.05) is 37.9 Å². The third-order valence-electron chi connectivity index (χ3n) is 4.00. The molecule has 0 radical (unpaired) electrons. The number of hydrogen-bond donors (Lipinski definition) is 2. The number of sulfonamides is 1. The number of nitrogens with one attached hydrogen (secondary N) is 2. The van der Waals surface area contributed by atoms with Gasteiger partial charge in [-0.15, -0.1) is 6.58 Å². The van der Waals surface area contributed by atoms with Crippen LogP contribution in [0.15, 0.2) is 72.1 Å². The van der Waals surface area contributed by atoms with Gasteiger partial charge in [-0.05, 0) is 42.8 Å². The van der Waals surface area contributed by atoms with Gasteiger partial charge >= 0.3 is 0 Å². The van der Waals surface area contributed by atoms with Gasteiger partial charge in [-0.1, -0.05) is 24.3 Å². The molecule has 0 aliphatic heterocycles. The van der Waals surface area contributed by atoms with E-state index in [2.05, 4.69) is 21.5 Å². The van der Waals surface area contributed by atoms with E-state index >= 15 is 0 Å². The maximum absolute atomic E-state index is 12.2. The fourth-order valence-corrected chi connectivity index (χ4v) is 3.47. The Morgan fingerprint density at radius 3 is 2.41 bits per heavy atom. The number of anilines is 1. The first-order valence-corrected chi connectivity index (χ1v) is 10.2. The van der Waals surface area contributed by atoms with Crippen molar-refractivity contribution in [3.05, 3.63) is 72.8 Å². The normalized spacial score (nSPS) is 11.0. The summed E-state index contributed by atoms with van der Waals surface area (Å²) in [5.74, 6) is -0.222. The molecule has 7 heteroatoms. The maximum atomic E-state index is 12.2. The summed E-state index contributed by atoms with van der Waals surface area (Å²) in [7, 11) is -1.57. The smallest absolute Gasteiger partial charge is 0.251 e. The molecule has 0 aromatic heterocycles. The number of carbonyl (C=O) groups excluding carboxylic acids is 1. The average molecular weight is 388 g/mol. The lowest BCUT2D eigenvalue weighted by Gasteiger charge is -2.19. The van der Waals surface area contributed by atoms with Crippen LogP contribution >= 0.6 is 0 Å². The maximum Gasteiger partial charge on any atom is 0.251 e. The molecule has 27 heavy (non-hydrogen) atoms. The monoisotopic (exact) mass is 387 g/mol. The van der Waals surface area contributed by atoms with Gasteiger partial charge < -0.3 is 10.2 Å². The molecule has 2 aromatic rings. The highest BCUT2D eigenvalue weighted by molar-refractivity contribution is 7.89. The molecule has 0 aliphatic rings. The van der Waals surface area contributed by atoms with Crippen LogP contribution in [-0.4, -0.2) is 41.0 Å². The Bertz CT molecular complexity index is 850. The number of rotatable bonds is 10. The first kappa shape index (κ1) is 20.7. The van der Waals surface area contributed by atoms with Gasteiger partial charge in [-0.2, -0.15) is 0 Å². The molecule has 144 valence electrons. The molecule has 0 atom stereocenters. The lowest BCUT2D eigenvalue weighted by molar-refractivity contribution is 0.0953. The molecule has 0 saturated heterocycles. The summed E-state index contributed by atoms with van der Waals surface area (Å²) in [6.45, 7) is 4.98. The third kappa shape index (κ3) is 6.23. The Balaban J connectivity index is 1.81. The summed E-state index contributed by atoms with van der Waals surface area (Å²) < 4.78 is 26.4. The lowest BCUT2D eigenvalue weighted by Crippen LogP contribution is -2.28. The fourth-order valence-electron chi connectivity index (χ4n) is 2.47. The summed E-state index contributed by atoms with van der Waals surface area (Å²) in [6.07, 6.45) is 2.27. The largest absolute Gasteiger partial charge is 0.375 e. The Morgan fingerprint density at radius 1 is 1.11 bits per heavy atom. The van der Waals surface area contributed by atoms with E-state index in [0.29, 0.717) is 12.1 Å². The molecule has 2 N–H and O–H groups in total. The van der Waals surface area contributed by atoms with Crippen molar-refractivity contribution in [3.8, 4) is 0 Å². The second kappa shape index (κ2) is 9.89. The molecule has 0 saturated carbocycles. The fraction of sp³-hybridized carbons (Fsp3) is 0.250. The van der Waals surface area contributed by atoms with Crippen molar-refractivity contribution >= 4 is 21.6 Å². The Hall–Kier alpha value is -2.64. The van der Waals surface area contributed by atoms with Crippen molar-refractivity contribution in [2.75, 3.05) is 31.6 Å². The number of benzene rings is 2. The minimum Gasteiger partial charge on any atom is -0.375 e. The SMILES string of the molecule is C=CCNS(=O)(=O)c1ccc(C(=O)NCCCN(C)c2ccccc2)cc1. The van der Waals surface area contributed by atoms with E-state index in [0.717, 1.165) is 18.7 Å². The molecule has 1 amide bonds. The zero-order valence-corrected chi connectivity index (χ0v) is 16.2. The van der Waals surface area contributed by atoms with Crippen LogP contribution in [0.25, 0.3) is 0 Å². The Morgan fingerprint density at radius 2 is 1.78 bits per heavy atom. The topological polar surface area (TPSA) is 78.5 Å². The highest BCUT2D eigenvalue weighted by atomic mass is 32.2. The van der Waals surface area contributed by atoms with Crippen LogP contribution in [0.1, 0.15) is 16.8 Å². The van der Waals surface area contributed by atoms with Crippen molar-refractivity contribution in [3.63, 3.8) is 0 Å². The van der Waals surface area contributed by atoms with Gasteiger partial charge in [-0.25, -0.2) is 13.1 Å². The zero-order chi connectivity index (χ0) is 19.7. The predicted octanol–water partition coefficient (Wildman–Crippen LogP) is 2.41. The van der Waals surface area contributed by atoms with Crippen molar-refractivity contribution in [2.24, 2.45) is 0 Å². The predicted molar refractivity (Wildman–Crippen MR) is 108 cm³/mol. The molecule has 2 aromatic carbocycles. The Labute approximate surface area is 161 Å². The second-order valence-electron chi connectivity index (χ2n) is 6.03. The van der Waals surface area contributed by atoms with Gasteiger partial charge in [-0.3, -0.25) is 4.79 Å². The van der Waals surface area contributed by atoms with E-state index in [1.807, 2.05) is 37.4 Å². The van der Waals surface area contributed by atoms with Crippen molar-refractivity contribution in [2.45, 2.75) is 11.3 Å². The summed E-state index contributed by atoms with van der Waals surface area (Å²) in [5, 5.41) is 2.85. The first-order chi connectivity index (χ1) is 12.9. The van der Waals surface area contributed by atoms with Gasteiger partial charge in [0.05, 0.1) is 4.90 Å². The number of hydrogen-bond acceptors (Lipinski definition) is 4.